The Balaban J connectivity index is 2.31. The molecule has 0 unspecified atom stereocenters. The number of halogens is 1. The number of likely N-dealkylation sites (tertiary alicyclic amines) is 1. The van der Waals surface area contributed by atoms with Gasteiger partial charge < -0.3 is 98.2 Å². The standard InChI is InChI=1S/C48H82FN17O11/c49-29-11-5-10-28(24-29)25-35(43(72)61-32(13-2-4-19-51)42(71)63-34(47(76)77)16-8-22-58-48(56)57)64-44(73)36-17-9-23-66(36)46(75)33(15-7-21-53)60-38(68)27-59-41(70)31(14-6-20-52)62-45(74)39(37(67)26-54)65-40(69)30(55)12-1-3-18-50/h5,10-11,16,24,30-33,35-37,39,67H,1-4,6-9,12-15,17-23,25-27,50-55H2,(H,59,70)(H,60,68)(H,61,72)(H,62,74)(H,63,71)(H,64,73)(H,65,69)(H,76,77)(H4,56,57,58)/b34-16-/t30-,31-,32-,33+,35-,36-,37-,39-/m0/s1. The summed E-state index contributed by atoms with van der Waals surface area (Å²) >= 11 is 0. The zero-order valence-electron chi connectivity index (χ0n) is 43.5. The predicted molar refractivity (Wildman–Crippen MR) is 282 cm³/mol. The summed E-state index contributed by atoms with van der Waals surface area (Å²) in [4.78, 5) is 127. The largest absolute Gasteiger partial charge is 0.477 e. The van der Waals surface area contributed by atoms with E-state index in [4.69, 9.17) is 45.9 Å². The summed E-state index contributed by atoms with van der Waals surface area (Å²) in [6, 6.07) is -3.97. The summed E-state index contributed by atoms with van der Waals surface area (Å²) in [6.45, 7) is -0.207. The maximum Gasteiger partial charge on any atom is 0.352 e. The van der Waals surface area contributed by atoms with E-state index in [1.165, 1.54) is 29.2 Å². The third-order valence-electron chi connectivity index (χ3n) is 12.2. The average Bonchev–Trinajstić information content (AvgIpc) is 3.90. The van der Waals surface area contributed by atoms with Crippen LogP contribution in [0.2, 0.25) is 0 Å². The fourth-order valence-electron chi connectivity index (χ4n) is 8.07. The minimum absolute atomic E-state index is 0.000505. The Labute approximate surface area is 446 Å². The molecule has 432 valence electrons. The van der Waals surface area contributed by atoms with Crippen LogP contribution in [0.1, 0.15) is 89.0 Å². The topological polar surface area (TPSA) is 502 Å². The van der Waals surface area contributed by atoms with Gasteiger partial charge in [-0.25, -0.2) is 9.18 Å². The Bertz CT molecular complexity index is 2170. The second kappa shape index (κ2) is 36.2. The van der Waals surface area contributed by atoms with E-state index < -0.39 is 126 Å². The van der Waals surface area contributed by atoms with Crippen molar-refractivity contribution in [1.82, 2.24) is 42.1 Å². The number of aliphatic hydroxyl groups excluding tert-OH is 1. The van der Waals surface area contributed by atoms with Gasteiger partial charge in [0.1, 0.15) is 47.8 Å². The van der Waals surface area contributed by atoms with E-state index in [0.29, 0.717) is 38.6 Å². The van der Waals surface area contributed by atoms with Crippen LogP contribution in [-0.2, 0) is 49.6 Å². The zero-order chi connectivity index (χ0) is 57.5. The van der Waals surface area contributed by atoms with E-state index in [0.717, 1.165) is 6.07 Å². The second-order valence-corrected chi connectivity index (χ2v) is 18.4. The third-order valence-corrected chi connectivity index (χ3v) is 12.2. The molecule has 77 heavy (non-hydrogen) atoms. The summed E-state index contributed by atoms with van der Waals surface area (Å²) in [6.07, 6.45) is 2.43. The molecule has 0 saturated carbocycles. The van der Waals surface area contributed by atoms with Gasteiger partial charge >= 0.3 is 5.97 Å². The fourth-order valence-corrected chi connectivity index (χ4v) is 8.07. The third kappa shape index (κ3) is 24.3. The Morgan fingerprint density at radius 1 is 0.727 bits per heavy atom. The number of carbonyl (C=O) groups excluding carboxylic acids is 8. The van der Waals surface area contributed by atoms with Crippen molar-refractivity contribution in [2.75, 3.05) is 52.4 Å². The molecule has 8 amide bonds. The molecule has 1 aliphatic rings. The number of carbonyl (C=O) groups is 9. The maximum atomic E-state index is 14.4. The fraction of sp³-hybridized carbons (Fsp3) is 0.625. The van der Waals surface area contributed by atoms with E-state index in [9.17, 15) is 57.8 Å². The molecule has 1 aromatic carbocycles. The predicted octanol–water partition coefficient (Wildman–Crippen LogP) is -5.97. The zero-order valence-corrected chi connectivity index (χ0v) is 43.5. The lowest BCUT2D eigenvalue weighted by Crippen LogP contribution is -2.61. The van der Waals surface area contributed by atoms with Crippen LogP contribution in [-0.4, -0.2) is 175 Å². The van der Waals surface area contributed by atoms with Crippen molar-refractivity contribution in [2.45, 2.75) is 138 Å². The quantitative estimate of drug-likeness (QED) is 0.0128. The van der Waals surface area contributed by atoms with Crippen LogP contribution in [0.15, 0.2) is 41.0 Å². The SMILES string of the molecule is NCCCC[C@H](NC(=O)[C@H](Cc1cccc(F)c1)NC(=O)[C@@H]1CCCN1C(=O)[C@@H](CCCN)NC(=O)CNC(=O)[C@H](CCCN)NC(=O)[C@@H](NC(=O)[C@@H](N)CCCCN)[C@@H](O)CN)C(=O)N/C(=C\CCN=C(N)N)C(=O)O. The summed E-state index contributed by atoms with van der Waals surface area (Å²) in [5, 5.41) is 37.8. The molecule has 8 atom stereocenters. The Kier molecular flexibility index (Phi) is 31.1. The average molecular weight is 1090 g/mol. The molecule has 0 spiro atoms. The van der Waals surface area contributed by atoms with Gasteiger partial charge in [-0.15, -0.1) is 0 Å². The molecule has 0 radical (unpaired) electrons. The van der Waals surface area contributed by atoms with Crippen molar-refractivity contribution in [3.05, 3.63) is 47.4 Å². The number of nitrogens with two attached hydrogens (primary N) is 8. The van der Waals surface area contributed by atoms with E-state index in [-0.39, 0.29) is 102 Å². The number of rotatable bonds is 37. The van der Waals surface area contributed by atoms with Crippen molar-refractivity contribution >= 4 is 59.2 Å². The lowest BCUT2D eigenvalue weighted by atomic mass is 10.0. The number of carboxylic acids is 1. The van der Waals surface area contributed by atoms with Gasteiger partial charge in [0.2, 0.25) is 47.3 Å². The van der Waals surface area contributed by atoms with E-state index in [2.05, 4.69) is 42.2 Å². The molecule has 0 aliphatic carbocycles. The molecule has 29 heteroatoms. The Hall–Kier alpha value is -6.89. The Morgan fingerprint density at radius 3 is 1.95 bits per heavy atom. The monoisotopic (exact) mass is 1090 g/mol. The van der Waals surface area contributed by atoms with Gasteiger partial charge in [-0.3, -0.25) is 43.3 Å². The highest BCUT2D eigenvalue weighted by Crippen LogP contribution is 2.21. The molecule has 1 fully saturated rings. The first-order chi connectivity index (χ1) is 36.7. The number of hydrogen-bond acceptors (Lipinski definition) is 17. The highest BCUT2D eigenvalue weighted by Gasteiger charge is 2.40. The van der Waals surface area contributed by atoms with Gasteiger partial charge in [0, 0.05) is 26.1 Å². The van der Waals surface area contributed by atoms with Crippen LogP contribution >= 0.6 is 0 Å². The maximum absolute atomic E-state index is 14.4. The minimum Gasteiger partial charge on any atom is -0.477 e. The van der Waals surface area contributed by atoms with E-state index >= 15 is 0 Å². The number of hydrogen-bond donors (Lipinski definition) is 17. The molecule has 0 aromatic heterocycles. The summed E-state index contributed by atoms with van der Waals surface area (Å²) in [5.41, 5.74) is 44.7. The van der Waals surface area contributed by atoms with Crippen molar-refractivity contribution in [3.8, 4) is 0 Å². The molecule has 1 heterocycles. The molecule has 2 rings (SSSR count). The van der Waals surface area contributed by atoms with Crippen LogP contribution in [0.5, 0.6) is 0 Å². The highest BCUT2D eigenvalue weighted by molar-refractivity contribution is 5.99. The van der Waals surface area contributed by atoms with E-state index in [1.807, 2.05) is 0 Å². The summed E-state index contributed by atoms with van der Waals surface area (Å²) in [5.74, 6) is -9.00. The highest BCUT2D eigenvalue weighted by atomic mass is 19.1. The van der Waals surface area contributed by atoms with Crippen LogP contribution in [0, 0.1) is 5.82 Å². The van der Waals surface area contributed by atoms with Crippen LogP contribution in [0.3, 0.4) is 0 Å². The van der Waals surface area contributed by atoms with Crippen LogP contribution in [0.25, 0.3) is 0 Å². The van der Waals surface area contributed by atoms with E-state index in [1.54, 1.807) is 0 Å². The van der Waals surface area contributed by atoms with Crippen molar-refractivity contribution in [1.29, 1.82) is 0 Å². The van der Waals surface area contributed by atoms with Gasteiger partial charge in [0.15, 0.2) is 5.96 Å². The normalized spacial score (nSPS) is 16.0. The Morgan fingerprint density at radius 2 is 1.34 bits per heavy atom. The number of carboxylic acid groups (broad SMARTS) is 1. The number of guanidine groups is 1. The van der Waals surface area contributed by atoms with Crippen molar-refractivity contribution in [2.24, 2.45) is 50.9 Å². The van der Waals surface area contributed by atoms with Gasteiger partial charge in [-0.1, -0.05) is 24.6 Å². The number of aliphatic imine (C=N–C) groups is 1. The minimum atomic E-state index is -1.60. The molecule has 1 aliphatic heterocycles. The van der Waals surface area contributed by atoms with Gasteiger partial charge in [-0.05, 0) is 121 Å². The summed E-state index contributed by atoms with van der Waals surface area (Å²) in [7, 11) is 0. The first-order valence-electron chi connectivity index (χ1n) is 25.8. The van der Waals surface area contributed by atoms with Gasteiger partial charge in [0.05, 0.1) is 18.7 Å². The number of unbranched alkanes of at least 4 members (excludes halogenated alkanes) is 2. The number of nitrogens with one attached hydrogen (secondary N) is 7. The van der Waals surface area contributed by atoms with Gasteiger partial charge in [-0.2, -0.15) is 0 Å². The molecular weight excluding hydrogens is 1010 g/mol. The lowest BCUT2D eigenvalue weighted by Gasteiger charge is -2.30. The molecule has 0 bridgehead atoms. The first kappa shape index (κ1) is 66.2. The van der Waals surface area contributed by atoms with Crippen LogP contribution in [0.4, 0.5) is 4.39 Å². The molecule has 25 N–H and O–H groups in total. The lowest BCUT2D eigenvalue weighted by molar-refractivity contribution is -0.142. The number of aliphatic hydroxyl groups is 1. The number of nitrogens with zero attached hydrogens (tertiary/aromatic N) is 2. The second-order valence-electron chi connectivity index (χ2n) is 18.4. The molecule has 1 saturated heterocycles. The number of amides is 8. The van der Waals surface area contributed by atoms with Crippen molar-refractivity contribution in [3.63, 3.8) is 0 Å². The molecule has 1 aromatic rings. The smallest absolute Gasteiger partial charge is 0.352 e. The van der Waals surface area contributed by atoms with Crippen molar-refractivity contribution < 1.29 is 57.8 Å². The number of benzene rings is 1. The summed E-state index contributed by atoms with van der Waals surface area (Å²) < 4.78 is 14.4. The molecular formula is C48H82FN17O11. The number of aliphatic carboxylic acids is 1. The van der Waals surface area contributed by atoms with Crippen LogP contribution < -0.4 is 83.1 Å². The van der Waals surface area contributed by atoms with Gasteiger partial charge in [0.25, 0.3) is 0 Å². The molecule has 28 nitrogen and oxygen atoms in total. The first-order valence-corrected chi connectivity index (χ1v) is 25.8.